The summed E-state index contributed by atoms with van der Waals surface area (Å²) in [4.78, 5) is 12.8. The molecule has 0 bridgehead atoms. The second kappa shape index (κ2) is 7.76. The van der Waals surface area contributed by atoms with Crippen LogP contribution in [-0.4, -0.2) is 26.4 Å². The van der Waals surface area contributed by atoms with Crippen molar-refractivity contribution in [2.75, 3.05) is 4.72 Å². The van der Waals surface area contributed by atoms with Crippen LogP contribution in [0.1, 0.15) is 42.9 Å². The molecular formula is C21H24FN3O3S. The molecule has 3 atom stereocenters. The average molecular weight is 418 g/mol. The molecule has 29 heavy (non-hydrogen) atoms. The molecule has 0 radical (unpaired) electrons. The Morgan fingerprint density at radius 2 is 1.72 bits per heavy atom. The van der Waals surface area contributed by atoms with Gasteiger partial charge in [0.05, 0.1) is 10.6 Å². The van der Waals surface area contributed by atoms with E-state index in [4.69, 9.17) is 0 Å². The predicted octanol–water partition coefficient (Wildman–Crippen LogP) is 3.01. The highest BCUT2D eigenvalue weighted by Gasteiger charge is 2.38. The first-order valence-electron chi connectivity index (χ1n) is 9.79. The summed E-state index contributed by atoms with van der Waals surface area (Å²) in [5.41, 5.74) is 1.84. The summed E-state index contributed by atoms with van der Waals surface area (Å²) in [6.07, 6.45) is 4.13. The Morgan fingerprint density at radius 3 is 2.45 bits per heavy atom. The Hall–Kier alpha value is -2.45. The molecular weight excluding hydrogens is 393 g/mol. The number of halogens is 1. The van der Waals surface area contributed by atoms with Crippen molar-refractivity contribution in [1.82, 2.24) is 10.6 Å². The quantitative estimate of drug-likeness (QED) is 0.714. The van der Waals surface area contributed by atoms with Gasteiger partial charge in [0.2, 0.25) is 5.91 Å². The van der Waals surface area contributed by atoms with E-state index in [9.17, 15) is 17.6 Å². The van der Waals surface area contributed by atoms with Crippen molar-refractivity contribution in [3.63, 3.8) is 0 Å². The fourth-order valence-electron chi connectivity index (χ4n) is 4.12. The highest BCUT2D eigenvalue weighted by Crippen LogP contribution is 2.32. The summed E-state index contributed by atoms with van der Waals surface area (Å²) in [7, 11) is -3.92. The lowest BCUT2D eigenvalue weighted by molar-refractivity contribution is -0.127. The number of nitrogens with one attached hydrogen (secondary N) is 3. The Morgan fingerprint density at radius 1 is 1.03 bits per heavy atom. The molecule has 1 saturated carbocycles. The standard InChI is InChI=1S/C21H24FN3O3S/c1-13-6-11-17(25-29(27,28)15-9-7-14(22)8-10-15)16(12-13)20-21(26)24-19-5-3-2-4-18(19)23-20/h6-12,18-20,23,25H,2-5H2,1H3,(H,24,26). The number of hydrogen-bond acceptors (Lipinski definition) is 4. The van der Waals surface area contributed by atoms with Gasteiger partial charge in [-0.05, 0) is 50.1 Å². The van der Waals surface area contributed by atoms with Crippen LogP contribution in [-0.2, 0) is 14.8 Å². The van der Waals surface area contributed by atoms with Gasteiger partial charge in [0.1, 0.15) is 11.9 Å². The maximum Gasteiger partial charge on any atom is 0.261 e. The van der Waals surface area contributed by atoms with Gasteiger partial charge in [0.15, 0.2) is 0 Å². The molecule has 6 nitrogen and oxygen atoms in total. The van der Waals surface area contributed by atoms with E-state index in [0.29, 0.717) is 11.3 Å². The van der Waals surface area contributed by atoms with Crippen molar-refractivity contribution < 1.29 is 17.6 Å². The molecule has 1 heterocycles. The molecule has 8 heteroatoms. The molecule has 1 aliphatic carbocycles. The van der Waals surface area contributed by atoms with Gasteiger partial charge in [-0.2, -0.15) is 0 Å². The first-order valence-corrected chi connectivity index (χ1v) is 11.3. The number of carbonyl (C=O) groups excluding carboxylic acids is 1. The van der Waals surface area contributed by atoms with Crippen molar-refractivity contribution in [1.29, 1.82) is 0 Å². The Bertz CT molecular complexity index is 1020. The third-order valence-electron chi connectivity index (χ3n) is 5.62. The normalized spacial score (nSPS) is 24.5. The third kappa shape index (κ3) is 4.13. The van der Waals surface area contributed by atoms with Crippen LogP contribution in [0.4, 0.5) is 10.1 Å². The molecule has 2 fully saturated rings. The van der Waals surface area contributed by atoms with E-state index < -0.39 is 21.9 Å². The number of carbonyl (C=O) groups is 1. The topological polar surface area (TPSA) is 87.3 Å². The number of anilines is 1. The molecule has 0 aromatic heterocycles. The monoisotopic (exact) mass is 417 g/mol. The van der Waals surface area contributed by atoms with Gasteiger partial charge in [0.25, 0.3) is 10.0 Å². The molecule has 2 aromatic carbocycles. The van der Waals surface area contributed by atoms with Crippen molar-refractivity contribution >= 4 is 21.6 Å². The van der Waals surface area contributed by atoms with E-state index in [1.807, 2.05) is 13.0 Å². The van der Waals surface area contributed by atoms with Gasteiger partial charge in [0, 0.05) is 17.6 Å². The average Bonchev–Trinajstić information content (AvgIpc) is 2.69. The molecule has 2 aliphatic rings. The predicted molar refractivity (Wildman–Crippen MR) is 108 cm³/mol. The number of rotatable bonds is 4. The largest absolute Gasteiger partial charge is 0.350 e. The van der Waals surface area contributed by atoms with Gasteiger partial charge < -0.3 is 5.32 Å². The SMILES string of the molecule is Cc1ccc(NS(=O)(=O)c2ccc(F)cc2)c(C2NC3CCCCC3NC2=O)c1. The number of hydrogen-bond donors (Lipinski definition) is 3. The van der Waals surface area contributed by atoms with E-state index in [2.05, 4.69) is 15.4 Å². The third-order valence-corrected chi connectivity index (χ3v) is 7.00. The first-order chi connectivity index (χ1) is 13.8. The molecule has 1 aliphatic heterocycles. The Kier molecular flexibility index (Phi) is 5.31. The van der Waals surface area contributed by atoms with Crippen molar-refractivity contribution in [3.05, 3.63) is 59.4 Å². The van der Waals surface area contributed by atoms with Crippen LogP contribution in [0.25, 0.3) is 0 Å². The fourth-order valence-corrected chi connectivity index (χ4v) is 5.21. The summed E-state index contributed by atoms with van der Waals surface area (Å²) < 4.78 is 41.3. The summed E-state index contributed by atoms with van der Waals surface area (Å²) in [5, 5.41) is 6.52. The van der Waals surface area contributed by atoms with E-state index in [-0.39, 0.29) is 22.9 Å². The zero-order chi connectivity index (χ0) is 20.6. The molecule has 4 rings (SSSR count). The van der Waals surface area contributed by atoms with Crippen LogP contribution >= 0.6 is 0 Å². The van der Waals surface area contributed by atoms with Crippen molar-refractivity contribution in [2.24, 2.45) is 0 Å². The molecule has 3 unspecified atom stereocenters. The Balaban J connectivity index is 1.66. The molecule has 2 aromatic rings. The van der Waals surface area contributed by atoms with Crippen LogP contribution in [0.2, 0.25) is 0 Å². The Labute approximate surface area is 169 Å². The molecule has 0 spiro atoms. The summed E-state index contributed by atoms with van der Waals surface area (Å²) in [6, 6.07) is 9.55. The van der Waals surface area contributed by atoms with E-state index in [1.165, 1.54) is 12.1 Å². The van der Waals surface area contributed by atoms with Crippen LogP contribution < -0.4 is 15.4 Å². The lowest BCUT2D eigenvalue weighted by Gasteiger charge is -2.41. The van der Waals surface area contributed by atoms with Crippen molar-refractivity contribution in [3.8, 4) is 0 Å². The first kappa shape index (κ1) is 19.8. The van der Waals surface area contributed by atoms with Crippen LogP contribution in [0.3, 0.4) is 0 Å². The number of aryl methyl sites for hydroxylation is 1. The molecule has 3 N–H and O–H groups in total. The van der Waals surface area contributed by atoms with Gasteiger partial charge in [-0.1, -0.05) is 30.5 Å². The van der Waals surface area contributed by atoms with E-state index >= 15 is 0 Å². The molecule has 1 amide bonds. The number of piperazine rings is 1. The minimum atomic E-state index is -3.92. The van der Waals surface area contributed by atoms with Crippen LogP contribution in [0.15, 0.2) is 47.4 Å². The van der Waals surface area contributed by atoms with Crippen LogP contribution in [0, 0.1) is 12.7 Å². The highest BCUT2D eigenvalue weighted by atomic mass is 32.2. The second-order valence-electron chi connectivity index (χ2n) is 7.76. The number of fused-ring (bicyclic) bond motifs is 1. The summed E-state index contributed by atoms with van der Waals surface area (Å²) >= 11 is 0. The zero-order valence-corrected chi connectivity index (χ0v) is 16.9. The smallest absolute Gasteiger partial charge is 0.261 e. The lowest BCUT2D eigenvalue weighted by Crippen LogP contribution is -2.61. The van der Waals surface area contributed by atoms with E-state index in [0.717, 1.165) is 43.4 Å². The van der Waals surface area contributed by atoms with Gasteiger partial charge in [-0.15, -0.1) is 0 Å². The van der Waals surface area contributed by atoms with Crippen molar-refractivity contribution in [2.45, 2.75) is 55.6 Å². The van der Waals surface area contributed by atoms with Gasteiger partial charge >= 0.3 is 0 Å². The number of sulfonamides is 1. The molecule has 154 valence electrons. The zero-order valence-electron chi connectivity index (χ0n) is 16.1. The van der Waals surface area contributed by atoms with Crippen LogP contribution in [0.5, 0.6) is 0 Å². The highest BCUT2D eigenvalue weighted by molar-refractivity contribution is 7.92. The summed E-state index contributed by atoms with van der Waals surface area (Å²) in [5.74, 6) is -0.661. The van der Waals surface area contributed by atoms with Gasteiger partial charge in [-0.3, -0.25) is 14.8 Å². The fraction of sp³-hybridized carbons (Fsp3) is 0.381. The maximum absolute atomic E-state index is 13.2. The summed E-state index contributed by atoms with van der Waals surface area (Å²) in [6.45, 7) is 1.89. The number of amides is 1. The maximum atomic E-state index is 13.2. The molecule has 1 saturated heterocycles. The lowest BCUT2D eigenvalue weighted by atomic mass is 9.86. The second-order valence-corrected chi connectivity index (χ2v) is 9.44. The minimum Gasteiger partial charge on any atom is -0.350 e. The minimum absolute atomic E-state index is 0.0428. The van der Waals surface area contributed by atoms with E-state index in [1.54, 1.807) is 12.1 Å². The van der Waals surface area contributed by atoms with Gasteiger partial charge in [-0.25, -0.2) is 12.8 Å². The number of benzene rings is 2.